The number of aryl methyl sites for hydroxylation is 1. The van der Waals surface area contributed by atoms with Crippen LogP contribution in [0.4, 0.5) is 0 Å². The Morgan fingerprint density at radius 1 is 1.21 bits per heavy atom. The zero-order valence-electron chi connectivity index (χ0n) is 11.2. The summed E-state index contributed by atoms with van der Waals surface area (Å²) in [4.78, 5) is 2.78. The van der Waals surface area contributed by atoms with Crippen LogP contribution in [0.3, 0.4) is 0 Å². The Morgan fingerprint density at radius 3 is 2.37 bits per heavy atom. The van der Waals surface area contributed by atoms with Crippen LogP contribution in [-0.4, -0.2) is 39.5 Å². The summed E-state index contributed by atoms with van der Waals surface area (Å²) in [5.41, 5.74) is 1.25. The van der Waals surface area contributed by atoms with E-state index in [2.05, 4.69) is 9.62 Å². The maximum atomic E-state index is 12.2. The molecule has 2 fully saturated rings. The zero-order valence-corrected chi connectivity index (χ0v) is 12.0. The van der Waals surface area contributed by atoms with E-state index >= 15 is 0 Å². The van der Waals surface area contributed by atoms with Crippen molar-refractivity contribution in [2.24, 2.45) is 5.41 Å². The Morgan fingerprint density at radius 2 is 1.84 bits per heavy atom. The van der Waals surface area contributed by atoms with E-state index in [-0.39, 0.29) is 5.41 Å². The molecule has 2 saturated heterocycles. The lowest BCUT2D eigenvalue weighted by Gasteiger charge is -2.25. The third kappa shape index (κ3) is 2.55. The minimum absolute atomic E-state index is 0.178. The largest absolute Gasteiger partial charge is 0.303 e. The quantitative estimate of drug-likeness (QED) is 0.906. The minimum Gasteiger partial charge on any atom is -0.303 e. The molecule has 2 aliphatic rings. The Labute approximate surface area is 114 Å². The number of nitrogens with one attached hydrogen (secondary N) is 1. The molecule has 1 aromatic carbocycles. The van der Waals surface area contributed by atoms with Crippen molar-refractivity contribution in [3.8, 4) is 0 Å². The molecule has 0 radical (unpaired) electrons. The summed E-state index contributed by atoms with van der Waals surface area (Å²) in [6.07, 6.45) is 2.23. The average Bonchev–Trinajstić information content (AvgIpc) is 2.98. The van der Waals surface area contributed by atoms with Crippen molar-refractivity contribution in [3.05, 3.63) is 29.8 Å². The molecular weight excluding hydrogens is 260 g/mol. The number of nitrogens with zero attached hydrogens (tertiary/aromatic N) is 1. The Hall–Kier alpha value is -0.910. The van der Waals surface area contributed by atoms with Crippen LogP contribution in [0, 0.1) is 12.3 Å². The van der Waals surface area contributed by atoms with Gasteiger partial charge in [-0.25, -0.2) is 13.1 Å². The summed E-state index contributed by atoms with van der Waals surface area (Å²) in [5.74, 6) is 0. The zero-order chi connectivity index (χ0) is 13.5. The summed E-state index contributed by atoms with van der Waals surface area (Å²) < 4.78 is 27.3. The summed E-state index contributed by atoms with van der Waals surface area (Å²) in [7, 11) is -3.36. The molecule has 2 heterocycles. The van der Waals surface area contributed by atoms with Crippen molar-refractivity contribution in [1.29, 1.82) is 0 Å². The number of benzene rings is 1. The number of hydrogen-bond acceptors (Lipinski definition) is 3. The molecule has 0 unspecified atom stereocenters. The molecule has 0 spiro atoms. The van der Waals surface area contributed by atoms with Crippen LogP contribution < -0.4 is 4.72 Å². The van der Waals surface area contributed by atoms with Gasteiger partial charge in [-0.15, -0.1) is 0 Å². The molecule has 5 heteroatoms. The van der Waals surface area contributed by atoms with Gasteiger partial charge in [-0.05, 0) is 50.4 Å². The fourth-order valence-electron chi connectivity index (χ4n) is 3.10. The number of rotatable bonds is 4. The first kappa shape index (κ1) is 13.1. The van der Waals surface area contributed by atoms with E-state index in [0.717, 1.165) is 38.0 Å². The molecule has 19 heavy (non-hydrogen) atoms. The molecular formula is C14H20N2O2S. The SMILES string of the molecule is Cc1ccc(S(=O)(=O)NCC23CCN(CC2)C3)cc1. The lowest BCUT2D eigenvalue weighted by molar-refractivity contribution is 0.319. The van der Waals surface area contributed by atoms with E-state index in [4.69, 9.17) is 0 Å². The van der Waals surface area contributed by atoms with Gasteiger partial charge < -0.3 is 4.90 Å². The first-order valence-corrected chi connectivity index (χ1v) is 8.26. The van der Waals surface area contributed by atoms with Gasteiger partial charge >= 0.3 is 0 Å². The second-order valence-electron chi connectivity index (χ2n) is 5.91. The molecule has 104 valence electrons. The van der Waals surface area contributed by atoms with Crippen molar-refractivity contribution < 1.29 is 8.42 Å². The first-order valence-electron chi connectivity index (χ1n) is 6.78. The Bertz CT molecular complexity index is 558. The van der Waals surface area contributed by atoms with E-state index in [9.17, 15) is 8.42 Å². The first-order chi connectivity index (χ1) is 8.99. The maximum absolute atomic E-state index is 12.2. The second-order valence-corrected chi connectivity index (χ2v) is 7.68. The summed E-state index contributed by atoms with van der Waals surface area (Å²) in [5, 5.41) is 0. The van der Waals surface area contributed by atoms with Crippen LogP contribution >= 0.6 is 0 Å². The molecule has 3 rings (SSSR count). The fourth-order valence-corrected chi connectivity index (χ4v) is 4.26. The highest BCUT2D eigenvalue weighted by atomic mass is 32.2. The molecule has 0 aromatic heterocycles. The van der Waals surface area contributed by atoms with Crippen LogP contribution in [0.1, 0.15) is 18.4 Å². The summed E-state index contributed by atoms with van der Waals surface area (Å²) in [6, 6.07) is 7.01. The van der Waals surface area contributed by atoms with Crippen LogP contribution in [0.5, 0.6) is 0 Å². The lowest BCUT2D eigenvalue weighted by atomic mass is 9.85. The van der Waals surface area contributed by atoms with Crippen molar-refractivity contribution in [3.63, 3.8) is 0 Å². The molecule has 1 N–H and O–H groups in total. The maximum Gasteiger partial charge on any atom is 0.240 e. The minimum atomic E-state index is -3.36. The van der Waals surface area contributed by atoms with Gasteiger partial charge in [0.05, 0.1) is 4.90 Å². The van der Waals surface area contributed by atoms with Gasteiger partial charge in [0.25, 0.3) is 0 Å². The molecule has 1 aromatic rings. The molecule has 0 saturated carbocycles. The molecule has 4 nitrogen and oxygen atoms in total. The smallest absolute Gasteiger partial charge is 0.240 e. The number of fused-ring (bicyclic) bond motifs is 2. The number of sulfonamides is 1. The highest BCUT2D eigenvalue weighted by Gasteiger charge is 2.43. The van der Waals surface area contributed by atoms with Crippen molar-refractivity contribution in [1.82, 2.24) is 9.62 Å². The normalized spacial score (nSPS) is 29.8. The van der Waals surface area contributed by atoms with Crippen LogP contribution in [0.25, 0.3) is 0 Å². The van der Waals surface area contributed by atoms with Crippen molar-refractivity contribution in [2.75, 3.05) is 26.2 Å². The van der Waals surface area contributed by atoms with E-state index in [1.54, 1.807) is 12.1 Å². The molecule has 2 aliphatic heterocycles. The lowest BCUT2D eigenvalue weighted by Crippen LogP contribution is -2.37. The summed E-state index contributed by atoms with van der Waals surface area (Å²) >= 11 is 0. The number of hydrogen-bond donors (Lipinski definition) is 1. The van der Waals surface area contributed by atoms with E-state index in [1.807, 2.05) is 19.1 Å². The van der Waals surface area contributed by atoms with E-state index in [1.165, 1.54) is 0 Å². The van der Waals surface area contributed by atoms with Gasteiger partial charge in [-0.3, -0.25) is 0 Å². The van der Waals surface area contributed by atoms with Gasteiger partial charge in [0, 0.05) is 13.1 Å². The van der Waals surface area contributed by atoms with Gasteiger partial charge in [0.15, 0.2) is 0 Å². The van der Waals surface area contributed by atoms with Crippen LogP contribution in [0.15, 0.2) is 29.2 Å². The third-order valence-corrected chi connectivity index (χ3v) is 5.86. The van der Waals surface area contributed by atoms with Gasteiger partial charge in [-0.2, -0.15) is 0 Å². The predicted molar refractivity (Wildman–Crippen MR) is 74.5 cm³/mol. The number of piperidine rings is 1. The Kier molecular flexibility index (Phi) is 3.15. The average molecular weight is 280 g/mol. The van der Waals surface area contributed by atoms with Crippen molar-refractivity contribution in [2.45, 2.75) is 24.7 Å². The molecule has 0 aliphatic carbocycles. The molecule has 2 bridgehead atoms. The summed E-state index contributed by atoms with van der Waals surface area (Å²) in [6.45, 7) is 5.80. The molecule has 0 amide bonds. The molecule has 0 atom stereocenters. The van der Waals surface area contributed by atoms with Crippen LogP contribution in [-0.2, 0) is 10.0 Å². The van der Waals surface area contributed by atoms with Gasteiger partial charge in [0.1, 0.15) is 0 Å². The second kappa shape index (κ2) is 4.58. The van der Waals surface area contributed by atoms with Gasteiger partial charge in [0.2, 0.25) is 10.0 Å². The Balaban J connectivity index is 1.70. The van der Waals surface area contributed by atoms with E-state index < -0.39 is 10.0 Å². The van der Waals surface area contributed by atoms with Crippen LogP contribution in [0.2, 0.25) is 0 Å². The third-order valence-electron chi connectivity index (χ3n) is 4.44. The fraction of sp³-hybridized carbons (Fsp3) is 0.571. The predicted octanol–water partition coefficient (Wildman–Crippen LogP) is 1.37. The monoisotopic (exact) mass is 280 g/mol. The van der Waals surface area contributed by atoms with Gasteiger partial charge in [-0.1, -0.05) is 17.7 Å². The standard InChI is InChI=1S/C14H20N2O2S/c1-12-2-4-13(5-3-12)19(17,18)15-10-14-6-8-16(11-14)9-7-14/h2-5,15H,6-11H2,1H3. The highest BCUT2D eigenvalue weighted by Crippen LogP contribution is 2.39. The topological polar surface area (TPSA) is 49.4 Å². The highest BCUT2D eigenvalue weighted by molar-refractivity contribution is 7.89. The van der Waals surface area contributed by atoms with E-state index in [0.29, 0.717) is 11.4 Å². The van der Waals surface area contributed by atoms with Crippen molar-refractivity contribution >= 4 is 10.0 Å².